The summed E-state index contributed by atoms with van der Waals surface area (Å²) < 4.78 is 2.16. The fourth-order valence-electron chi connectivity index (χ4n) is 2.34. The second kappa shape index (κ2) is 6.39. The second-order valence-electron chi connectivity index (χ2n) is 5.33. The summed E-state index contributed by atoms with van der Waals surface area (Å²) in [6.45, 7) is 3.46. The summed E-state index contributed by atoms with van der Waals surface area (Å²) in [5.41, 5.74) is 2.18. The predicted molar refractivity (Wildman–Crippen MR) is 86.6 cm³/mol. The van der Waals surface area contributed by atoms with Gasteiger partial charge in [0.15, 0.2) is 0 Å². The first kappa shape index (κ1) is 14.3. The molecule has 0 aliphatic rings. The third-order valence-corrected chi connectivity index (χ3v) is 3.51. The Labute approximate surface area is 130 Å². The van der Waals surface area contributed by atoms with Gasteiger partial charge in [-0.15, -0.1) is 0 Å². The van der Waals surface area contributed by atoms with E-state index in [-0.39, 0.29) is 0 Å². The Morgan fingerprint density at radius 2 is 1.95 bits per heavy atom. The minimum atomic E-state index is 0.692. The molecule has 2 aromatic heterocycles. The third-order valence-electron chi connectivity index (χ3n) is 3.51. The van der Waals surface area contributed by atoms with E-state index in [0.717, 1.165) is 23.9 Å². The van der Waals surface area contributed by atoms with E-state index in [2.05, 4.69) is 48.7 Å². The van der Waals surface area contributed by atoms with Crippen LogP contribution in [0.5, 0.6) is 0 Å². The highest BCUT2D eigenvalue weighted by atomic mass is 15.2. The molecule has 0 amide bonds. The first-order valence-electron chi connectivity index (χ1n) is 7.26. The molecule has 0 N–H and O–H groups in total. The van der Waals surface area contributed by atoms with Crippen LogP contribution in [0.1, 0.15) is 17.1 Å². The van der Waals surface area contributed by atoms with Gasteiger partial charge in [-0.3, -0.25) is 4.98 Å². The van der Waals surface area contributed by atoms with Crippen molar-refractivity contribution in [2.75, 3.05) is 11.9 Å². The number of benzene rings is 1. The number of hydrogen-bond donors (Lipinski definition) is 0. The average molecular weight is 293 g/mol. The maximum atomic E-state index is 4.49. The molecule has 0 fully saturated rings. The monoisotopic (exact) mass is 293 g/mol. The van der Waals surface area contributed by atoms with E-state index in [0.29, 0.717) is 6.54 Å². The van der Waals surface area contributed by atoms with E-state index in [1.165, 1.54) is 5.56 Å². The summed E-state index contributed by atoms with van der Waals surface area (Å²) >= 11 is 0. The lowest BCUT2D eigenvalue weighted by Crippen LogP contribution is -2.21. The molecule has 0 radical (unpaired) electrons. The topological polar surface area (TPSA) is 46.8 Å². The van der Waals surface area contributed by atoms with Gasteiger partial charge in [-0.2, -0.15) is 0 Å². The lowest BCUT2D eigenvalue weighted by molar-refractivity contribution is 0.703. The molecule has 112 valence electrons. The predicted octanol–water partition coefficient (Wildman–Crippen LogP) is 2.67. The van der Waals surface area contributed by atoms with Crippen LogP contribution in [-0.4, -0.2) is 26.6 Å². The summed E-state index contributed by atoms with van der Waals surface area (Å²) in [5.74, 6) is 1.86. The molecular formula is C17H19N5. The van der Waals surface area contributed by atoms with Gasteiger partial charge >= 0.3 is 0 Å². The van der Waals surface area contributed by atoms with E-state index in [4.69, 9.17) is 0 Å². The van der Waals surface area contributed by atoms with Gasteiger partial charge in [0.25, 0.3) is 0 Å². The molecular weight excluding hydrogens is 274 g/mol. The van der Waals surface area contributed by atoms with Gasteiger partial charge in [0.05, 0.1) is 18.4 Å². The molecule has 3 aromatic rings. The van der Waals surface area contributed by atoms with Crippen LogP contribution in [0.15, 0.2) is 55.1 Å². The lowest BCUT2D eigenvalue weighted by Gasteiger charge is -2.18. The Bertz CT molecular complexity index is 736. The maximum absolute atomic E-state index is 4.49. The number of nitrogens with zero attached hydrogens (tertiary/aromatic N) is 5. The van der Waals surface area contributed by atoms with Gasteiger partial charge in [-0.05, 0) is 12.5 Å². The second-order valence-corrected chi connectivity index (χ2v) is 5.33. The maximum Gasteiger partial charge on any atom is 0.147 e. The van der Waals surface area contributed by atoms with Gasteiger partial charge in [-0.1, -0.05) is 30.3 Å². The van der Waals surface area contributed by atoms with Crippen molar-refractivity contribution in [2.24, 2.45) is 0 Å². The summed E-state index contributed by atoms with van der Waals surface area (Å²) in [7, 11) is 2.00. The van der Waals surface area contributed by atoms with Gasteiger partial charge in [0, 0.05) is 32.2 Å². The highest BCUT2D eigenvalue weighted by Crippen LogP contribution is 2.12. The summed E-state index contributed by atoms with van der Waals surface area (Å²) in [6, 6.07) is 10.4. The molecule has 5 nitrogen and oxygen atoms in total. The van der Waals surface area contributed by atoms with Crippen LogP contribution in [0.4, 0.5) is 5.82 Å². The molecule has 0 aliphatic carbocycles. The number of anilines is 1. The average Bonchev–Trinajstić information content (AvgIpc) is 2.95. The van der Waals surface area contributed by atoms with E-state index in [1.807, 2.05) is 32.4 Å². The molecule has 5 heteroatoms. The van der Waals surface area contributed by atoms with E-state index >= 15 is 0 Å². The van der Waals surface area contributed by atoms with E-state index in [9.17, 15) is 0 Å². The van der Waals surface area contributed by atoms with Crippen LogP contribution in [0.25, 0.3) is 0 Å². The molecule has 2 heterocycles. The largest absolute Gasteiger partial charge is 0.351 e. The van der Waals surface area contributed by atoms with Crippen molar-refractivity contribution in [1.82, 2.24) is 19.5 Å². The normalized spacial score (nSPS) is 10.6. The molecule has 0 saturated heterocycles. The van der Waals surface area contributed by atoms with Crippen molar-refractivity contribution < 1.29 is 0 Å². The smallest absolute Gasteiger partial charge is 0.147 e. The highest BCUT2D eigenvalue weighted by Gasteiger charge is 2.09. The fourth-order valence-corrected chi connectivity index (χ4v) is 2.34. The van der Waals surface area contributed by atoms with Gasteiger partial charge in [0.1, 0.15) is 11.6 Å². The molecule has 3 rings (SSSR count). The molecule has 0 saturated carbocycles. The number of rotatable bonds is 5. The van der Waals surface area contributed by atoms with Crippen LogP contribution < -0.4 is 4.90 Å². The van der Waals surface area contributed by atoms with Crippen LogP contribution in [0.3, 0.4) is 0 Å². The number of aryl methyl sites for hydroxylation is 1. The number of aromatic nitrogens is 4. The lowest BCUT2D eigenvalue weighted by atomic mass is 10.2. The quantitative estimate of drug-likeness (QED) is 0.725. The SMILES string of the molecule is Cc1cncc(N(C)Cc2nccn2Cc2ccccc2)n1. The van der Waals surface area contributed by atoms with E-state index < -0.39 is 0 Å². The molecule has 0 spiro atoms. The zero-order valence-electron chi connectivity index (χ0n) is 12.8. The Hall–Kier alpha value is -2.69. The van der Waals surface area contributed by atoms with Gasteiger partial charge in [-0.25, -0.2) is 9.97 Å². The Morgan fingerprint density at radius 1 is 1.14 bits per heavy atom. The van der Waals surface area contributed by atoms with Crippen LogP contribution >= 0.6 is 0 Å². The van der Waals surface area contributed by atoms with Crippen LogP contribution in [0, 0.1) is 6.92 Å². The standard InChI is InChI=1S/C17H19N5/c1-14-10-18-11-16(20-14)21(2)13-17-19-8-9-22(17)12-15-6-4-3-5-7-15/h3-11H,12-13H2,1-2H3. The van der Waals surface area contributed by atoms with Crippen molar-refractivity contribution in [3.05, 3.63) is 72.2 Å². The van der Waals surface area contributed by atoms with Crippen LogP contribution in [-0.2, 0) is 13.1 Å². The van der Waals surface area contributed by atoms with Crippen molar-refractivity contribution in [2.45, 2.75) is 20.0 Å². The summed E-state index contributed by atoms with van der Waals surface area (Å²) in [6.07, 6.45) is 7.39. The van der Waals surface area contributed by atoms with Gasteiger partial charge < -0.3 is 9.47 Å². The third kappa shape index (κ3) is 3.31. The zero-order valence-corrected chi connectivity index (χ0v) is 12.8. The minimum Gasteiger partial charge on any atom is -0.351 e. The molecule has 0 unspecified atom stereocenters. The molecule has 1 aromatic carbocycles. The highest BCUT2D eigenvalue weighted by molar-refractivity contribution is 5.35. The Morgan fingerprint density at radius 3 is 2.73 bits per heavy atom. The molecule has 0 aliphatic heterocycles. The van der Waals surface area contributed by atoms with Crippen molar-refractivity contribution >= 4 is 5.82 Å². The number of imidazole rings is 1. The summed E-state index contributed by atoms with van der Waals surface area (Å²) in [4.78, 5) is 15.2. The molecule has 22 heavy (non-hydrogen) atoms. The fraction of sp³-hybridized carbons (Fsp3) is 0.235. The Kier molecular flexibility index (Phi) is 4.14. The first-order valence-corrected chi connectivity index (χ1v) is 7.26. The van der Waals surface area contributed by atoms with E-state index in [1.54, 1.807) is 12.4 Å². The molecule has 0 bridgehead atoms. The van der Waals surface area contributed by atoms with Crippen LogP contribution in [0.2, 0.25) is 0 Å². The Balaban J connectivity index is 1.75. The van der Waals surface area contributed by atoms with Gasteiger partial charge in [0.2, 0.25) is 0 Å². The van der Waals surface area contributed by atoms with Crippen molar-refractivity contribution in [3.8, 4) is 0 Å². The summed E-state index contributed by atoms with van der Waals surface area (Å²) in [5, 5.41) is 0. The zero-order chi connectivity index (χ0) is 15.4. The van der Waals surface area contributed by atoms with Crippen molar-refractivity contribution in [1.29, 1.82) is 0 Å². The first-order chi connectivity index (χ1) is 10.7. The minimum absolute atomic E-state index is 0.692. The molecule has 0 atom stereocenters. The van der Waals surface area contributed by atoms with Crippen molar-refractivity contribution in [3.63, 3.8) is 0 Å². The number of hydrogen-bond acceptors (Lipinski definition) is 4.